The minimum atomic E-state index is -0.761. The first-order valence-electron chi connectivity index (χ1n) is 8.34. The number of carbonyl (C=O) groups is 2. The lowest BCUT2D eigenvalue weighted by Gasteiger charge is -2.14. The van der Waals surface area contributed by atoms with E-state index in [0.29, 0.717) is 21.5 Å². The van der Waals surface area contributed by atoms with Gasteiger partial charge in [-0.15, -0.1) is 0 Å². The van der Waals surface area contributed by atoms with E-state index in [9.17, 15) is 14.4 Å². The average Bonchev–Trinajstić information content (AvgIpc) is 2.62. The number of nitrogens with one attached hydrogen (secondary N) is 1. The molecule has 7 heteroatoms. The maximum Gasteiger partial charge on any atom is 0.259 e. The number of nitrogens with zero attached hydrogens (tertiary/aromatic N) is 1. The van der Waals surface area contributed by atoms with Crippen LogP contribution in [0.2, 0.25) is 5.02 Å². The van der Waals surface area contributed by atoms with Gasteiger partial charge in [-0.05, 0) is 42.8 Å². The van der Waals surface area contributed by atoms with Gasteiger partial charge in [-0.1, -0.05) is 29.8 Å². The summed E-state index contributed by atoms with van der Waals surface area (Å²) in [6.45, 7) is 1.56. The van der Waals surface area contributed by atoms with Crippen LogP contribution in [-0.2, 0) is 16.0 Å². The summed E-state index contributed by atoms with van der Waals surface area (Å²) in [4.78, 5) is 36.5. The molecule has 138 valence electrons. The number of halogens is 1. The molecule has 3 rings (SSSR count). The van der Waals surface area contributed by atoms with Crippen molar-refractivity contribution in [2.45, 2.75) is 19.4 Å². The molecule has 3 N–H and O–H groups in total. The van der Waals surface area contributed by atoms with Crippen LogP contribution >= 0.6 is 11.6 Å². The fraction of sp³-hybridized carbons (Fsp3) is 0.150. The van der Waals surface area contributed by atoms with Gasteiger partial charge >= 0.3 is 0 Å². The van der Waals surface area contributed by atoms with Crippen molar-refractivity contribution in [2.24, 2.45) is 5.73 Å². The molecule has 1 heterocycles. The Morgan fingerprint density at radius 3 is 2.59 bits per heavy atom. The molecule has 0 spiro atoms. The first-order chi connectivity index (χ1) is 12.9. The van der Waals surface area contributed by atoms with E-state index in [2.05, 4.69) is 5.32 Å². The fourth-order valence-corrected chi connectivity index (χ4v) is 3.08. The topological polar surface area (TPSA) is 94.2 Å². The Labute approximate surface area is 160 Å². The van der Waals surface area contributed by atoms with Gasteiger partial charge in [0.15, 0.2) is 0 Å². The van der Waals surface area contributed by atoms with Crippen molar-refractivity contribution in [3.05, 3.63) is 75.7 Å². The second kappa shape index (κ2) is 7.63. The van der Waals surface area contributed by atoms with Crippen molar-refractivity contribution in [1.29, 1.82) is 0 Å². The van der Waals surface area contributed by atoms with Crippen molar-refractivity contribution in [2.75, 3.05) is 5.32 Å². The first-order valence-corrected chi connectivity index (χ1v) is 8.72. The minimum Gasteiger partial charge on any atom is -0.368 e. The number of benzene rings is 2. The number of aromatic nitrogens is 1. The lowest BCUT2D eigenvalue weighted by molar-refractivity contribution is -0.120. The van der Waals surface area contributed by atoms with Crippen LogP contribution in [0.3, 0.4) is 0 Å². The molecule has 3 aromatic rings. The summed E-state index contributed by atoms with van der Waals surface area (Å²) in [5.41, 5.74) is 6.27. The molecule has 0 saturated heterocycles. The molecule has 2 amide bonds. The fourth-order valence-electron chi connectivity index (χ4n) is 2.87. The molecule has 1 atom stereocenters. The van der Waals surface area contributed by atoms with E-state index < -0.39 is 11.9 Å². The van der Waals surface area contributed by atoms with E-state index in [-0.39, 0.29) is 17.9 Å². The smallest absolute Gasteiger partial charge is 0.259 e. The highest BCUT2D eigenvalue weighted by Gasteiger charge is 2.15. The van der Waals surface area contributed by atoms with Crippen molar-refractivity contribution < 1.29 is 9.59 Å². The maximum absolute atomic E-state index is 12.7. The quantitative estimate of drug-likeness (QED) is 0.709. The van der Waals surface area contributed by atoms with E-state index in [1.807, 2.05) is 6.07 Å². The van der Waals surface area contributed by atoms with Gasteiger partial charge in [0.25, 0.3) is 5.56 Å². The summed E-state index contributed by atoms with van der Waals surface area (Å²) in [6, 6.07) is 13.0. The number of fused-ring (bicyclic) bond motifs is 1. The third-order valence-corrected chi connectivity index (χ3v) is 4.56. The molecule has 0 aliphatic heterocycles. The average molecular weight is 384 g/mol. The van der Waals surface area contributed by atoms with E-state index in [0.717, 1.165) is 5.56 Å². The minimum absolute atomic E-state index is 0.159. The van der Waals surface area contributed by atoms with E-state index in [1.165, 1.54) is 10.8 Å². The Bertz CT molecular complexity index is 1090. The van der Waals surface area contributed by atoms with Gasteiger partial charge in [0.2, 0.25) is 11.8 Å². The number of pyridine rings is 1. The normalized spacial score (nSPS) is 11.9. The Balaban J connectivity index is 1.91. The lowest BCUT2D eigenvalue weighted by Crippen LogP contribution is -2.31. The molecule has 0 saturated carbocycles. The van der Waals surface area contributed by atoms with Gasteiger partial charge in [0.05, 0.1) is 6.42 Å². The van der Waals surface area contributed by atoms with E-state index in [4.69, 9.17) is 17.3 Å². The van der Waals surface area contributed by atoms with Crippen LogP contribution in [0.4, 0.5) is 5.69 Å². The number of primary amides is 1. The molecule has 0 aliphatic carbocycles. The molecule has 0 fully saturated rings. The predicted molar refractivity (Wildman–Crippen MR) is 106 cm³/mol. The molecule has 1 aromatic heterocycles. The Kier molecular flexibility index (Phi) is 5.28. The van der Waals surface area contributed by atoms with Crippen LogP contribution in [0.1, 0.15) is 18.5 Å². The number of hydrogen-bond acceptors (Lipinski definition) is 3. The molecule has 6 nitrogen and oxygen atoms in total. The largest absolute Gasteiger partial charge is 0.368 e. The van der Waals surface area contributed by atoms with Crippen molar-refractivity contribution >= 4 is 39.9 Å². The highest BCUT2D eigenvalue weighted by Crippen LogP contribution is 2.22. The second-order valence-electron chi connectivity index (χ2n) is 6.23. The lowest BCUT2D eigenvalue weighted by atomic mass is 10.1. The van der Waals surface area contributed by atoms with Crippen LogP contribution in [0.15, 0.2) is 59.5 Å². The van der Waals surface area contributed by atoms with Gasteiger partial charge in [0.1, 0.15) is 6.04 Å². The van der Waals surface area contributed by atoms with Crippen molar-refractivity contribution in [3.8, 4) is 0 Å². The van der Waals surface area contributed by atoms with E-state index >= 15 is 0 Å². The number of amides is 2. The molecular formula is C20H18ClN3O3. The van der Waals surface area contributed by atoms with Crippen LogP contribution < -0.4 is 16.6 Å². The number of hydrogen-bond donors (Lipinski definition) is 2. The van der Waals surface area contributed by atoms with Crippen LogP contribution in [0.25, 0.3) is 10.8 Å². The monoisotopic (exact) mass is 383 g/mol. The summed E-state index contributed by atoms with van der Waals surface area (Å²) in [5.74, 6) is -0.818. The zero-order valence-corrected chi connectivity index (χ0v) is 15.4. The highest BCUT2D eigenvalue weighted by molar-refractivity contribution is 6.30. The Morgan fingerprint density at radius 1 is 1.15 bits per heavy atom. The standard InChI is InChI=1S/C20H18ClN3O3/c1-12(19(22)26)24-9-8-15-16(20(24)27)6-3-7-17(15)23-18(25)11-13-4-2-5-14(21)10-13/h2-10,12H,11H2,1H3,(H2,22,26)(H,23,25)/t12-/m1/s1. The van der Waals surface area contributed by atoms with Gasteiger partial charge in [-0.25, -0.2) is 0 Å². The Hall–Kier alpha value is -3.12. The summed E-state index contributed by atoms with van der Waals surface area (Å²) < 4.78 is 1.28. The third-order valence-electron chi connectivity index (χ3n) is 4.33. The predicted octanol–water partition coefficient (Wildman–Crippen LogP) is 2.88. The SMILES string of the molecule is C[C@H](C(N)=O)n1ccc2c(NC(=O)Cc3cccc(Cl)c3)cccc2c1=O. The molecule has 0 aliphatic rings. The van der Waals surface area contributed by atoms with Gasteiger partial charge in [-0.2, -0.15) is 0 Å². The number of carbonyl (C=O) groups excluding carboxylic acids is 2. The highest BCUT2D eigenvalue weighted by atomic mass is 35.5. The summed E-state index contributed by atoms with van der Waals surface area (Å²) in [6.07, 6.45) is 1.67. The van der Waals surface area contributed by atoms with Crippen LogP contribution in [0, 0.1) is 0 Å². The van der Waals surface area contributed by atoms with Crippen molar-refractivity contribution in [3.63, 3.8) is 0 Å². The van der Waals surface area contributed by atoms with Crippen molar-refractivity contribution in [1.82, 2.24) is 4.57 Å². The summed E-state index contributed by atoms with van der Waals surface area (Å²) >= 11 is 5.94. The Morgan fingerprint density at radius 2 is 1.89 bits per heavy atom. The molecule has 0 unspecified atom stereocenters. The van der Waals surface area contributed by atoms with Crippen LogP contribution in [0.5, 0.6) is 0 Å². The summed E-state index contributed by atoms with van der Waals surface area (Å²) in [7, 11) is 0. The zero-order valence-electron chi connectivity index (χ0n) is 14.6. The molecular weight excluding hydrogens is 366 g/mol. The third kappa shape index (κ3) is 4.01. The first kappa shape index (κ1) is 18.7. The van der Waals surface area contributed by atoms with E-state index in [1.54, 1.807) is 49.4 Å². The molecule has 0 radical (unpaired) electrons. The molecule has 2 aromatic carbocycles. The zero-order chi connectivity index (χ0) is 19.6. The second-order valence-corrected chi connectivity index (χ2v) is 6.66. The van der Waals surface area contributed by atoms with Crippen LogP contribution in [-0.4, -0.2) is 16.4 Å². The van der Waals surface area contributed by atoms with Gasteiger partial charge in [-0.3, -0.25) is 14.4 Å². The maximum atomic E-state index is 12.7. The molecule has 0 bridgehead atoms. The van der Waals surface area contributed by atoms with Gasteiger partial charge in [0, 0.05) is 27.7 Å². The number of anilines is 1. The molecule has 27 heavy (non-hydrogen) atoms. The summed E-state index contributed by atoms with van der Waals surface area (Å²) in [5, 5.41) is 4.38. The number of rotatable bonds is 5. The van der Waals surface area contributed by atoms with Gasteiger partial charge < -0.3 is 15.6 Å². The number of nitrogens with two attached hydrogens (primary N) is 1.